The molecule has 0 aliphatic carbocycles. The number of likely N-dealkylation sites (N-methyl/N-ethyl adjacent to an activating group) is 1. The molecule has 2 saturated heterocycles. The van der Waals surface area contributed by atoms with Gasteiger partial charge in [-0.05, 0) is 13.3 Å². The molecule has 1 aromatic heterocycles. The standard InChI is InChI=1S/C17H28N4O3/c1-4-21-10-14(8-18-21)9-20-12-17(13-20)7-15(5-6-24-17)23-11-16(22)19(2)3/h8,10,15H,4-7,9,11-13H2,1-3H3/t15-/m1/s1. The summed E-state index contributed by atoms with van der Waals surface area (Å²) in [4.78, 5) is 15.6. The Hall–Kier alpha value is -1.44. The first-order valence-electron chi connectivity index (χ1n) is 8.69. The van der Waals surface area contributed by atoms with Crippen LogP contribution in [-0.2, 0) is 27.4 Å². The number of hydrogen-bond donors (Lipinski definition) is 0. The lowest BCUT2D eigenvalue weighted by Gasteiger charge is -2.53. The Morgan fingerprint density at radius 3 is 2.96 bits per heavy atom. The molecule has 0 radical (unpaired) electrons. The van der Waals surface area contributed by atoms with E-state index in [0.717, 1.165) is 39.0 Å². The largest absolute Gasteiger partial charge is 0.372 e. The van der Waals surface area contributed by atoms with Crippen molar-refractivity contribution in [2.24, 2.45) is 0 Å². The van der Waals surface area contributed by atoms with E-state index in [2.05, 4.69) is 23.1 Å². The van der Waals surface area contributed by atoms with Gasteiger partial charge in [-0.25, -0.2) is 0 Å². The fourth-order valence-corrected chi connectivity index (χ4v) is 3.46. The van der Waals surface area contributed by atoms with Crippen molar-refractivity contribution in [1.82, 2.24) is 19.6 Å². The molecule has 7 heteroatoms. The van der Waals surface area contributed by atoms with E-state index in [1.54, 1.807) is 19.0 Å². The summed E-state index contributed by atoms with van der Waals surface area (Å²) in [6.07, 6.45) is 5.90. The number of aromatic nitrogens is 2. The molecule has 0 saturated carbocycles. The van der Waals surface area contributed by atoms with Crippen LogP contribution < -0.4 is 0 Å². The molecule has 0 bridgehead atoms. The maximum atomic E-state index is 11.7. The number of likely N-dealkylation sites (tertiary alicyclic amines) is 1. The molecule has 134 valence electrons. The number of hydrogen-bond acceptors (Lipinski definition) is 5. The Morgan fingerprint density at radius 2 is 2.29 bits per heavy atom. The Morgan fingerprint density at radius 1 is 1.50 bits per heavy atom. The summed E-state index contributed by atoms with van der Waals surface area (Å²) < 4.78 is 13.8. The Labute approximate surface area is 143 Å². The van der Waals surface area contributed by atoms with Gasteiger partial charge in [-0.2, -0.15) is 5.10 Å². The van der Waals surface area contributed by atoms with E-state index in [-0.39, 0.29) is 24.2 Å². The lowest BCUT2D eigenvalue weighted by atomic mass is 9.84. The number of rotatable bonds is 6. The third kappa shape index (κ3) is 3.96. The monoisotopic (exact) mass is 336 g/mol. The van der Waals surface area contributed by atoms with Gasteiger partial charge in [-0.15, -0.1) is 0 Å². The minimum absolute atomic E-state index is 0.0127. The van der Waals surface area contributed by atoms with E-state index >= 15 is 0 Å². The molecule has 1 atom stereocenters. The van der Waals surface area contributed by atoms with Crippen molar-refractivity contribution in [2.45, 2.75) is 44.6 Å². The quantitative estimate of drug-likeness (QED) is 0.767. The maximum Gasteiger partial charge on any atom is 0.248 e. The van der Waals surface area contributed by atoms with Gasteiger partial charge in [0.2, 0.25) is 5.91 Å². The zero-order valence-corrected chi connectivity index (χ0v) is 14.9. The van der Waals surface area contributed by atoms with Gasteiger partial charge < -0.3 is 14.4 Å². The minimum atomic E-state index is -0.0924. The molecule has 2 aliphatic heterocycles. The van der Waals surface area contributed by atoms with Crippen molar-refractivity contribution in [2.75, 3.05) is 40.4 Å². The van der Waals surface area contributed by atoms with E-state index in [9.17, 15) is 4.79 Å². The first-order valence-corrected chi connectivity index (χ1v) is 8.69. The third-order valence-electron chi connectivity index (χ3n) is 4.83. The summed E-state index contributed by atoms with van der Waals surface area (Å²) in [5.41, 5.74) is 1.15. The zero-order valence-electron chi connectivity index (χ0n) is 14.9. The number of carbonyl (C=O) groups excluding carboxylic acids is 1. The second kappa shape index (κ2) is 7.21. The SMILES string of the molecule is CCn1cc(CN2CC3(C[C@H](OCC(=O)N(C)C)CCO3)C2)cn1. The smallest absolute Gasteiger partial charge is 0.248 e. The average molecular weight is 336 g/mol. The summed E-state index contributed by atoms with van der Waals surface area (Å²) >= 11 is 0. The van der Waals surface area contributed by atoms with Crippen LogP contribution in [-0.4, -0.2) is 77.6 Å². The van der Waals surface area contributed by atoms with Gasteiger partial charge in [0.1, 0.15) is 6.61 Å². The molecule has 2 aliphatic rings. The van der Waals surface area contributed by atoms with Crippen molar-refractivity contribution >= 4 is 5.91 Å². The molecule has 0 unspecified atom stereocenters. The van der Waals surface area contributed by atoms with Crippen molar-refractivity contribution in [3.63, 3.8) is 0 Å². The molecule has 1 spiro atoms. The summed E-state index contributed by atoms with van der Waals surface area (Å²) in [5.74, 6) is 0.0127. The molecule has 3 heterocycles. The maximum absolute atomic E-state index is 11.7. The Balaban J connectivity index is 1.45. The van der Waals surface area contributed by atoms with Gasteiger partial charge >= 0.3 is 0 Å². The molecule has 2 fully saturated rings. The van der Waals surface area contributed by atoms with E-state index in [4.69, 9.17) is 9.47 Å². The van der Waals surface area contributed by atoms with Gasteiger partial charge in [0.15, 0.2) is 0 Å². The predicted octanol–water partition coefficient (Wildman–Crippen LogP) is 0.741. The molecule has 0 aromatic carbocycles. The summed E-state index contributed by atoms with van der Waals surface area (Å²) in [6.45, 7) is 6.62. The molecule has 7 nitrogen and oxygen atoms in total. The normalized spacial score (nSPS) is 23.2. The summed E-state index contributed by atoms with van der Waals surface area (Å²) in [7, 11) is 3.50. The van der Waals surface area contributed by atoms with Gasteiger partial charge in [-0.3, -0.25) is 14.4 Å². The van der Waals surface area contributed by atoms with Gasteiger partial charge in [0.25, 0.3) is 0 Å². The van der Waals surface area contributed by atoms with Crippen LogP contribution in [0.15, 0.2) is 12.4 Å². The fraction of sp³-hybridized carbons (Fsp3) is 0.765. The van der Waals surface area contributed by atoms with Crippen LogP contribution in [0.5, 0.6) is 0 Å². The van der Waals surface area contributed by atoms with Gasteiger partial charge in [-0.1, -0.05) is 0 Å². The van der Waals surface area contributed by atoms with Crippen molar-refractivity contribution in [3.05, 3.63) is 18.0 Å². The predicted molar refractivity (Wildman–Crippen MR) is 89.5 cm³/mol. The Kier molecular flexibility index (Phi) is 5.22. The highest BCUT2D eigenvalue weighted by molar-refractivity contribution is 5.76. The highest BCUT2D eigenvalue weighted by Gasteiger charge is 2.47. The first-order chi connectivity index (χ1) is 11.5. The number of amides is 1. The Bertz CT molecular complexity index is 566. The molecular formula is C17H28N4O3. The molecule has 24 heavy (non-hydrogen) atoms. The zero-order chi connectivity index (χ0) is 17.2. The van der Waals surface area contributed by atoms with Gasteiger partial charge in [0.05, 0.1) is 17.9 Å². The second-order valence-electron chi connectivity index (χ2n) is 7.09. The second-order valence-corrected chi connectivity index (χ2v) is 7.09. The number of nitrogens with zero attached hydrogens (tertiary/aromatic N) is 4. The highest BCUT2D eigenvalue weighted by Crippen LogP contribution is 2.36. The third-order valence-corrected chi connectivity index (χ3v) is 4.83. The van der Waals surface area contributed by atoms with Crippen molar-refractivity contribution < 1.29 is 14.3 Å². The van der Waals surface area contributed by atoms with Crippen LogP contribution in [0.2, 0.25) is 0 Å². The fourth-order valence-electron chi connectivity index (χ4n) is 3.46. The van der Waals surface area contributed by atoms with Crippen LogP contribution in [0.4, 0.5) is 0 Å². The van der Waals surface area contributed by atoms with Crippen LogP contribution in [0, 0.1) is 0 Å². The van der Waals surface area contributed by atoms with E-state index in [1.165, 1.54) is 5.56 Å². The number of aryl methyl sites for hydroxylation is 1. The highest BCUT2D eigenvalue weighted by atomic mass is 16.5. The molecule has 1 amide bonds. The minimum Gasteiger partial charge on any atom is -0.372 e. The molecule has 1 aromatic rings. The van der Waals surface area contributed by atoms with Crippen LogP contribution in [0.1, 0.15) is 25.3 Å². The molecule has 0 N–H and O–H groups in total. The number of carbonyl (C=O) groups is 1. The van der Waals surface area contributed by atoms with Gasteiger partial charge in [0, 0.05) is 65.1 Å². The van der Waals surface area contributed by atoms with E-state index in [1.807, 2.05) is 10.9 Å². The van der Waals surface area contributed by atoms with Crippen LogP contribution >= 0.6 is 0 Å². The first kappa shape index (κ1) is 17.4. The lowest BCUT2D eigenvalue weighted by Crippen LogP contribution is -2.65. The molecule has 3 rings (SSSR count). The van der Waals surface area contributed by atoms with E-state index < -0.39 is 0 Å². The summed E-state index contributed by atoms with van der Waals surface area (Å²) in [5, 5.41) is 4.32. The van der Waals surface area contributed by atoms with Crippen molar-refractivity contribution in [3.8, 4) is 0 Å². The molecular weight excluding hydrogens is 308 g/mol. The van der Waals surface area contributed by atoms with Crippen molar-refractivity contribution in [1.29, 1.82) is 0 Å². The average Bonchev–Trinajstić information content (AvgIpc) is 2.99. The topological polar surface area (TPSA) is 59.8 Å². The van der Waals surface area contributed by atoms with Crippen LogP contribution in [0.25, 0.3) is 0 Å². The lowest BCUT2D eigenvalue weighted by molar-refractivity contribution is -0.200. The summed E-state index contributed by atoms with van der Waals surface area (Å²) in [6, 6.07) is 0. The number of ether oxygens (including phenoxy) is 2. The van der Waals surface area contributed by atoms with E-state index in [0.29, 0.717) is 6.61 Å². The van der Waals surface area contributed by atoms with Crippen LogP contribution in [0.3, 0.4) is 0 Å².